The monoisotopic (exact) mass is 435 g/mol. The lowest BCUT2D eigenvalue weighted by Gasteiger charge is -2.33. The number of fused-ring (bicyclic) bond motifs is 1. The van der Waals surface area contributed by atoms with Gasteiger partial charge in [0.15, 0.2) is 5.82 Å². The smallest absolute Gasteiger partial charge is 0.274 e. The average Bonchev–Trinajstić information content (AvgIpc) is 3.17. The van der Waals surface area contributed by atoms with E-state index in [4.69, 9.17) is 0 Å². The van der Waals surface area contributed by atoms with Crippen LogP contribution >= 0.6 is 0 Å². The molecule has 1 N–H and O–H groups in total. The molecule has 0 bridgehead atoms. The summed E-state index contributed by atoms with van der Waals surface area (Å²) >= 11 is 0. The molecule has 0 unspecified atom stereocenters. The predicted octanol–water partition coefficient (Wildman–Crippen LogP) is -0.0650. The molecule has 30 heavy (non-hydrogen) atoms. The first-order valence-electron chi connectivity index (χ1n) is 10.0. The van der Waals surface area contributed by atoms with E-state index in [2.05, 4.69) is 20.4 Å². The molecule has 0 aliphatic carbocycles. The molecule has 12 heteroatoms. The minimum atomic E-state index is -3.24. The number of amides is 1. The largest absolute Gasteiger partial charge is 0.328 e. The van der Waals surface area contributed by atoms with Crippen LogP contribution in [0, 0.1) is 0 Å². The van der Waals surface area contributed by atoms with Crippen LogP contribution in [0.15, 0.2) is 16.9 Å². The molecule has 2 aliphatic heterocycles. The number of hydrogen-bond donors (Lipinski definition) is 1. The van der Waals surface area contributed by atoms with Crippen LogP contribution in [-0.4, -0.2) is 73.4 Å². The average molecular weight is 436 g/mol. The summed E-state index contributed by atoms with van der Waals surface area (Å²) in [5.74, 6) is 1.44. The molecule has 2 aromatic heterocycles. The van der Waals surface area contributed by atoms with Gasteiger partial charge in [-0.15, -0.1) is 10.2 Å². The molecule has 0 saturated carbocycles. The van der Waals surface area contributed by atoms with Crippen molar-refractivity contribution < 1.29 is 13.2 Å². The van der Waals surface area contributed by atoms with Crippen LogP contribution in [0.5, 0.6) is 0 Å². The fourth-order valence-electron chi connectivity index (χ4n) is 3.95. The highest BCUT2D eigenvalue weighted by atomic mass is 32.2. The zero-order valence-electron chi connectivity index (χ0n) is 17.0. The first-order valence-corrected chi connectivity index (χ1v) is 11.5. The normalized spacial score (nSPS) is 18.6. The van der Waals surface area contributed by atoms with Crippen molar-refractivity contribution in [1.29, 1.82) is 0 Å². The maximum atomic E-state index is 12.6. The SMILES string of the molecule is CC(C)S(=O)(=O)N1CCC(c2nnc3n2CCN(C(=O)c2ccc(=O)[nH]n2)C3)CC1. The number of H-pyrrole nitrogens is 1. The van der Waals surface area contributed by atoms with E-state index in [0.717, 1.165) is 5.82 Å². The number of hydrogen-bond acceptors (Lipinski definition) is 7. The number of carbonyl (C=O) groups excluding carboxylic acids is 1. The lowest BCUT2D eigenvalue weighted by Crippen LogP contribution is -2.42. The van der Waals surface area contributed by atoms with Gasteiger partial charge in [0, 0.05) is 38.2 Å². The van der Waals surface area contributed by atoms with Crippen molar-refractivity contribution in [2.45, 2.75) is 50.9 Å². The molecular weight excluding hydrogens is 410 g/mol. The Labute approximate surface area is 174 Å². The van der Waals surface area contributed by atoms with Crippen molar-refractivity contribution in [2.24, 2.45) is 0 Å². The standard InChI is InChI=1S/C18H25N7O4S/c1-12(2)30(28,29)24-7-5-13(6-8-24)17-22-20-15-11-23(9-10-25(15)17)18(27)14-3-4-16(26)21-19-14/h3-4,12-13H,5-11H2,1-2H3,(H,21,26). The van der Waals surface area contributed by atoms with Gasteiger partial charge in [-0.25, -0.2) is 17.8 Å². The molecule has 0 atom stereocenters. The van der Waals surface area contributed by atoms with E-state index in [1.54, 1.807) is 23.1 Å². The summed E-state index contributed by atoms with van der Waals surface area (Å²) in [4.78, 5) is 25.4. The van der Waals surface area contributed by atoms with Gasteiger partial charge in [-0.2, -0.15) is 5.10 Å². The number of rotatable bonds is 4. The first kappa shape index (κ1) is 20.7. The zero-order valence-corrected chi connectivity index (χ0v) is 17.8. The van der Waals surface area contributed by atoms with Crippen molar-refractivity contribution in [3.63, 3.8) is 0 Å². The van der Waals surface area contributed by atoms with Crippen molar-refractivity contribution in [3.8, 4) is 0 Å². The van der Waals surface area contributed by atoms with Gasteiger partial charge < -0.3 is 9.47 Å². The Hall–Kier alpha value is -2.60. The van der Waals surface area contributed by atoms with Crippen molar-refractivity contribution in [3.05, 3.63) is 39.8 Å². The lowest BCUT2D eigenvalue weighted by atomic mass is 9.97. The van der Waals surface area contributed by atoms with E-state index >= 15 is 0 Å². The fourth-order valence-corrected chi connectivity index (χ4v) is 5.26. The van der Waals surface area contributed by atoms with Gasteiger partial charge in [0.25, 0.3) is 11.5 Å². The second-order valence-electron chi connectivity index (χ2n) is 7.93. The quantitative estimate of drug-likeness (QED) is 0.711. The Morgan fingerprint density at radius 1 is 1.13 bits per heavy atom. The minimum Gasteiger partial charge on any atom is -0.328 e. The van der Waals surface area contributed by atoms with E-state index in [0.29, 0.717) is 51.4 Å². The molecule has 0 spiro atoms. The van der Waals surface area contributed by atoms with E-state index in [1.807, 2.05) is 4.57 Å². The number of nitrogens with zero attached hydrogens (tertiary/aromatic N) is 6. The van der Waals surface area contributed by atoms with E-state index in [1.165, 1.54) is 12.1 Å². The number of piperidine rings is 1. The molecule has 1 fully saturated rings. The summed E-state index contributed by atoms with van der Waals surface area (Å²) in [7, 11) is -3.24. The van der Waals surface area contributed by atoms with Gasteiger partial charge in [0.1, 0.15) is 11.5 Å². The highest BCUT2D eigenvalue weighted by molar-refractivity contribution is 7.89. The Morgan fingerprint density at radius 3 is 2.50 bits per heavy atom. The van der Waals surface area contributed by atoms with E-state index in [-0.39, 0.29) is 23.1 Å². The summed E-state index contributed by atoms with van der Waals surface area (Å²) in [5, 5.41) is 14.3. The maximum Gasteiger partial charge on any atom is 0.274 e. The van der Waals surface area contributed by atoms with Crippen molar-refractivity contribution in [1.82, 2.24) is 34.2 Å². The van der Waals surface area contributed by atoms with Crippen molar-refractivity contribution in [2.75, 3.05) is 19.6 Å². The fraction of sp³-hybridized carbons (Fsp3) is 0.611. The Bertz CT molecular complexity index is 1080. The molecule has 0 radical (unpaired) electrons. The lowest BCUT2D eigenvalue weighted by molar-refractivity contribution is 0.0698. The van der Waals surface area contributed by atoms with Crippen LogP contribution in [-0.2, 0) is 23.1 Å². The summed E-state index contributed by atoms with van der Waals surface area (Å²) in [5.41, 5.74) is -0.177. The Balaban J connectivity index is 1.44. The van der Waals surface area contributed by atoms with Crippen LogP contribution in [0.2, 0.25) is 0 Å². The molecule has 0 aromatic carbocycles. The third-order valence-corrected chi connectivity index (χ3v) is 8.02. The van der Waals surface area contributed by atoms with Crippen LogP contribution in [0.1, 0.15) is 54.7 Å². The number of aromatic amines is 1. The second kappa shape index (κ2) is 7.91. The van der Waals surface area contributed by atoms with Crippen LogP contribution in [0.4, 0.5) is 0 Å². The molecule has 1 saturated heterocycles. The summed E-state index contributed by atoms with van der Waals surface area (Å²) in [6.45, 7) is 5.73. The van der Waals surface area contributed by atoms with Gasteiger partial charge in [-0.3, -0.25) is 9.59 Å². The van der Waals surface area contributed by atoms with Gasteiger partial charge in [-0.1, -0.05) is 0 Å². The Kier molecular flexibility index (Phi) is 5.45. The van der Waals surface area contributed by atoms with Crippen molar-refractivity contribution >= 4 is 15.9 Å². The van der Waals surface area contributed by atoms with E-state index in [9.17, 15) is 18.0 Å². The molecular formula is C18H25N7O4S. The van der Waals surface area contributed by atoms with Crippen LogP contribution < -0.4 is 5.56 Å². The van der Waals surface area contributed by atoms with Crippen LogP contribution in [0.3, 0.4) is 0 Å². The topological polar surface area (TPSA) is 134 Å². The minimum absolute atomic E-state index is 0.146. The molecule has 2 aliphatic rings. The van der Waals surface area contributed by atoms with E-state index < -0.39 is 15.3 Å². The molecule has 1 amide bonds. The first-order chi connectivity index (χ1) is 14.3. The second-order valence-corrected chi connectivity index (χ2v) is 10.4. The zero-order chi connectivity index (χ0) is 21.5. The highest BCUT2D eigenvalue weighted by Crippen LogP contribution is 2.30. The maximum absolute atomic E-state index is 12.6. The molecule has 11 nitrogen and oxygen atoms in total. The number of carbonyl (C=O) groups is 1. The third kappa shape index (κ3) is 3.76. The number of nitrogens with one attached hydrogen (secondary N) is 1. The summed E-state index contributed by atoms with van der Waals surface area (Å²) in [6.07, 6.45) is 1.40. The molecule has 4 heterocycles. The third-order valence-electron chi connectivity index (χ3n) is 5.74. The summed E-state index contributed by atoms with van der Waals surface area (Å²) < 4.78 is 28.4. The van der Waals surface area contributed by atoms with Gasteiger partial charge in [0.2, 0.25) is 10.0 Å². The molecule has 4 rings (SSSR count). The number of aromatic nitrogens is 5. The summed E-state index contributed by atoms with van der Waals surface area (Å²) in [6, 6.07) is 2.68. The van der Waals surface area contributed by atoms with Gasteiger partial charge >= 0.3 is 0 Å². The van der Waals surface area contributed by atoms with Gasteiger partial charge in [-0.05, 0) is 32.8 Å². The predicted molar refractivity (Wildman–Crippen MR) is 107 cm³/mol. The number of sulfonamides is 1. The molecule has 162 valence electrons. The molecule has 2 aromatic rings. The van der Waals surface area contributed by atoms with Gasteiger partial charge in [0.05, 0.1) is 11.8 Å². The Morgan fingerprint density at radius 2 is 1.87 bits per heavy atom. The highest BCUT2D eigenvalue weighted by Gasteiger charge is 2.34. The van der Waals surface area contributed by atoms with Crippen LogP contribution in [0.25, 0.3) is 0 Å².